The maximum atomic E-state index is 9.60. The van der Waals surface area contributed by atoms with Crippen LogP contribution in [-0.4, -0.2) is 30.6 Å². The zero-order valence-electron chi connectivity index (χ0n) is 18.1. The van der Waals surface area contributed by atoms with Crippen LogP contribution in [0.1, 0.15) is 22.3 Å². The third-order valence-corrected chi connectivity index (χ3v) is 4.70. The second kappa shape index (κ2) is 11.2. The molecule has 0 saturated heterocycles. The lowest BCUT2D eigenvalue weighted by Crippen LogP contribution is -1.77. The number of benzene rings is 4. The number of phenols is 6. The molecular weight excluding hydrogens is 432 g/mol. The summed E-state index contributed by atoms with van der Waals surface area (Å²) in [4.78, 5) is 0. The average molecular weight is 456 g/mol. The van der Waals surface area contributed by atoms with Crippen LogP contribution in [-0.2, 0) is 0 Å². The molecule has 0 unspecified atom stereocenters. The van der Waals surface area contributed by atoms with Gasteiger partial charge in [0, 0.05) is 11.6 Å². The molecule has 4 aromatic carbocycles. The van der Waals surface area contributed by atoms with Crippen LogP contribution in [0.3, 0.4) is 0 Å². The predicted octanol–water partition coefficient (Wildman–Crippen LogP) is 5.95. The highest BCUT2D eigenvalue weighted by atomic mass is 16.3. The van der Waals surface area contributed by atoms with Crippen molar-refractivity contribution in [1.82, 2.24) is 0 Å². The highest BCUT2D eigenvalue weighted by molar-refractivity contribution is 5.75. The van der Waals surface area contributed by atoms with E-state index in [4.69, 9.17) is 5.11 Å². The molecule has 0 atom stereocenters. The Balaban J connectivity index is 0.000000191. The van der Waals surface area contributed by atoms with Gasteiger partial charge in [0.05, 0.1) is 0 Å². The van der Waals surface area contributed by atoms with Gasteiger partial charge in [0.25, 0.3) is 0 Å². The lowest BCUT2D eigenvalue weighted by molar-refractivity contribution is 0.367. The molecule has 0 aliphatic heterocycles. The molecule has 4 rings (SSSR count). The first-order chi connectivity index (χ1) is 16.3. The third-order valence-electron chi connectivity index (χ3n) is 4.70. The Morgan fingerprint density at radius 2 is 0.971 bits per heavy atom. The molecule has 0 radical (unpaired) electrons. The van der Waals surface area contributed by atoms with E-state index in [9.17, 15) is 25.5 Å². The average Bonchev–Trinajstić information content (AvgIpc) is 2.82. The Hall–Kier alpha value is -4.84. The van der Waals surface area contributed by atoms with Gasteiger partial charge in [-0.3, -0.25) is 0 Å². The molecular formula is C28H24O6. The topological polar surface area (TPSA) is 121 Å². The standard InChI is InChI=1S/2C14H12O3/c15-12-5-3-10(4-6-12)1-2-11-7-13(16)9-14(17)8-11;15-12-9-8-11(13(16)14(12)17)7-6-10-4-2-1-3-5-10/h2*1-9,15-17H. The molecule has 0 bridgehead atoms. The van der Waals surface area contributed by atoms with Crippen molar-refractivity contribution in [2.75, 3.05) is 0 Å². The van der Waals surface area contributed by atoms with E-state index in [0.29, 0.717) is 11.1 Å². The van der Waals surface area contributed by atoms with Crippen molar-refractivity contribution in [3.8, 4) is 34.5 Å². The Morgan fingerprint density at radius 3 is 1.62 bits per heavy atom. The summed E-state index contributed by atoms with van der Waals surface area (Å²) < 4.78 is 0. The first kappa shape index (κ1) is 23.8. The fourth-order valence-corrected chi connectivity index (χ4v) is 2.96. The van der Waals surface area contributed by atoms with E-state index in [-0.39, 0.29) is 28.7 Å². The van der Waals surface area contributed by atoms with Crippen LogP contribution in [0.4, 0.5) is 0 Å². The molecule has 172 valence electrons. The van der Waals surface area contributed by atoms with E-state index in [2.05, 4.69) is 0 Å². The zero-order chi connectivity index (χ0) is 24.5. The van der Waals surface area contributed by atoms with Gasteiger partial charge in [-0.25, -0.2) is 0 Å². The second-order valence-electron chi connectivity index (χ2n) is 7.32. The fraction of sp³-hybridized carbons (Fsp3) is 0. The monoisotopic (exact) mass is 456 g/mol. The first-order valence-corrected chi connectivity index (χ1v) is 10.3. The maximum absolute atomic E-state index is 9.60. The van der Waals surface area contributed by atoms with Gasteiger partial charge in [-0.2, -0.15) is 0 Å². The van der Waals surface area contributed by atoms with Gasteiger partial charge < -0.3 is 30.6 Å². The number of hydrogen-bond acceptors (Lipinski definition) is 6. The molecule has 0 fully saturated rings. The van der Waals surface area contributed by atoms with Crippen LogP contribution in [0.2, 0.25) is 0 Å². The maximum Gasteiger partial charge on any atom is 0.200 e. The van der Waals surface area contributed by atoms with Crippen LogP contribution in [0.25, 0.3) is 24.3 Å². The quantitative estimate of drug-likeness (QED) is 0.167. The Kier molecular flexibility index (Phi) is 7.81. The third kappa shape index (κ3) is 6.83. The Morgan fingerprint density at radius 1 is 0.412 bits per heavy atom. The lowest BCUT2D eigenvalue weighted by atomic mass is 10.1. The number of rotatable bonds is 4. The zero-order valence-corrected chi connectivity index (χ0v) is 18.1. The summed E-state index contributed by atoms with van der Waals surface area (Å²) in [6.45, 7) is 0. The molecule has 0 aromatic heterocycles. The van der Waals surface area contributed by atoms with Gasteiger partial charge in [0.15, 0.2) is 11.5 Å². The van der Waals surface area contributed by atoms with E-state index in [1.807, 2.05) is 42.5 Å². The van der Waals surface area contributed by atoms with Crippen molar-refractivity contribution >= 4 is 24.3 Å². The summed E-state index contributed by atoms with van der Waals surface area (Å²) in [6, 6.07) is 23.6. The van der Waals surface area contributed by atoms with E-state index >= 15 is 0 Å². The summed E-state index contributed by atoms with van der Waals surface area (Å²) in [6.07, 6.45) is 7.08. The Labute approximate surface area is 196 Å². The summed E-state index contributed by atoms with van der Waals surface area (Å²) in [7, 11) is 0. The van der Waals surface area contributed by atoms with Crippen LogP contribution in [0, 0.1) is 0 Å². The molecule has 0 saturated carbocycles. The first-order valence-electron chi connectivity index (χ1n) is 10.3. The largest absolute Gasteiger partial charge is 0.508 e. The van der Waals surface area contributed by atoms with Gasteiger partial charge in [-0.05, 0) is 53.1 Å². The molecule has 6 heteroatoms. The van der Waals surface area contributed by atoms with Crippen LogP contribution >= 0.6 is 0 Å². The van der Waals surface area contributed by atoms with Gasteiger partial charge in [-0.15, -0.1) is 0 Å². The molecule has 0 aliphatic rings. The van der Waals surface area contributed by atoms with Crippen molar-refractivity contribution < 1.29 is 30.6 Å². The van der Waals surface area contributed by atoms with Crippen molar-refractivity contribution in [3.63, 3.8) is 0 Å². The summed E-state index contributed by atoms with van der Waals surface area (Å²) in [5.74, 6) is -0.889. The normalized spacial score (nSPS) is 10.8. The van der Waals surface area contributed by atoms with E-state index in [1.165, 1.54) is 18.2 Å². The van der Waals surface area contributed by atoms with Crippen LogP contribution < -0.4 is 0 Å². The summed E-state index contributed by atoms with van der Waals surface area (Å²) >= 11 is 0. The van der Waals surface area contributed by atoms with Crippen LogP contribution in [0.15, 0.2) is 84.9 Å². The summed E-state index contributed by atoms with van der Waals surface area (Å²) in [5.41, 5.74) is 3.06. The molecule has 6 N–H and O–H groups in total. The van der Waals surface area contributed by atoms with E-state index in [1.54, 1.807) is 48.6 Å². The molecule has 0 amide bonds. The number of phenolic OH excluding ortho intramolecular Hbond substituents is 6. The number of aromatic hydroxyl groups is 6. The van der Waals surface area contributed by atoms with Gasteiger partial charge in [0.2, 0.25) is 5.75 Å². The summed E-state index contributed by atoms with van der Waals surface area (Å²) in [5, 5.41) is 55.8. The van der Waals surface area contributed by atoms with Crippen molar-refractivity contribution in [1.29, 1.82) is 0 Å². The van der Waals surface area contributed by atoms with Gasteiger partial charge in [0.1, 0.15) is 17.2 Å². The molecule has 34 heavy (non-hydrogen) atoms. The predicted molar refractivity (Wildman–Crippen MR) is 134 cm³/mol. The minimum atomic E-state index is -0.500. The molecule has 0 aliphatic carbocycles. The van der Waals surface area contributed by atoms with Crippen molar-refractivity contribution in [2.24, 2.45) is 0 Å². The molecule has 6 nitrogen and oxygen atoms in total. The van der Waals surface area contributed by atoms with Crippen molar-refractivity contribution in [2.45, 2.75) is 0 Å². The minimum absolute atomic E-state index is 0.0235. The highest BCUT2D eigenvalue weighted by Crippen LogP contribution is 2.37. The molecule has 4 aromatic rings. The Bertz CT molecular complexity index is 1270. The fourth-order valence-electron chi connectivity index (χ4n) is 2.96. The van der Waals surface area contributed by atoms with E-state index < -0.39 is 5.75 Å². The van der Waals surface area contributed by atoms with Gasteiger partial charge >= 0.3 is 0 Å². The minimum Gasteiger partial charge on any atom is -0.508 e. The second-order valence-corrected chi connectivity index (χ2v) is 7.32. The molecule has 0 heterocycles. The highest BCUT2D eigenvalue weighted by Gasteiger charge is 2.08. The van der Waals surface area contributed by atoms with Crippen molar-refractivity contribution in [3.05, 3.63) is 107 Å². The van der Waals surface area contributed by atoms with Gasteiger partial charge in [-0.1, -0.05) is 66.8 Å². The smallest absolute Gasteiger partial charge is 0.200 e. The SMILES string of the molecule is Oc1ccc(C=Cc2cc(O)cc(O)c2)cc1.Oc1ccc(C=Cc2ccccc2)c(O)c1O. The van der Waals surface area contributed by atoms with Crippen LogP contribution in [0.5, 0.6) is 34.5 Å². The van der Waals surface area contributed by atoms with E-state index in [0.717, 1.165) is 11.1 Å². The molecule has 0 spiro atoms. The lowest BCUT2D eigenvalue weighted by Gasteiger charge is -2.03. The number of hydrogen-bond donors (Lipinski definition) is 6.